The van der Waals surface area contributed by atoms with Crippen molar-refractivity contribution in [1.29, 1.82) is 0 Å². The van der Waals surface area contributed by atoms with E-state index < -0.39 is 0 Å². The molecule has 1 saturated carbocycles. The Kier molecular flexibility index (Phi) is 1.91. The van der Waals surface area contributed by atoms with Gasteiger partial charge in [0.25, 0.3) is 0 Å². The zero-order valence-electron chi connectivity index (χ0n) is 9.95. The first kappa shape index (κ1) is 9.88. The molecule has 1 aromatic rings. The van der Waals surface area contributed by atoms with E-state index >= 15 is 0 Å². The summed E-state index contributed by atoms with van der Waals surface area (Å²) >= 11 is 0. The van der Waals surface area contributed by atoms with Gasteiger partial charge in [-0.25, -0.2) is 0 Å². The fraction of sp³-hybridized carbons (Fsp3) is 0.500. The first-order valence-electron chi connectivity index (χ1n) is 6.05. The van der Waals surface area contributed by atoms with Crippen LogP contribution in [0.3, 0.4) is 0 Å². The van der Waals surface area contributed by atoms with Crippen molar-refractivity contribution in [2.75, 3.05) is 0 Å². The summed E-state index contributed by atoms with van der Waals surface area (Å²) in [5.74, 6) is 2.35. The molecular formula is C14H19NO. The maximum Gasteiger partial charge on any atom is 0.189 e. The third-order valence-electron chi connectivity index (χ3n) is 3.98. The SMILES string of the molecule is CC(C)c1cc(=O)c2c([nH]1)=CC1C(C)C1C=2.[HH]. The lowest BCUT2D eigenvalue weighted by molar-refractivity contribution is 0.808. The highest BCUT2D eigenvalue weighted by Gasteiger charge is 2.44. The van der Waals surface area contributed by atoms with Gasteiger partial charge in [-0.15, -0.1) is 0 Å². The third-order valence-corrected chi connectivity index (χ3v) is 3.98. The van der Waals surface area contributed by atoms with Gasteiger partial charge >= 0.3 is 0 Å². The number of aromatic nitrogens is 1. The molecule has 0 bridgehead atoms. The zero-order chi connectivity index (χ0) is 11.4. The summed E-state index contributed by atoms with van der Waals surface area (Å²) in [6.45, 7) is 6.46. The molecule has 1 fully saturated rings. The van der Waals surface area contributed by atoms with E-state index in [1.165, 1.54) is 0 Å². The summed E-state index contributed by atoms with van der Waals surface area (Å²) in [5, 5.41) is 1.93. The highest BCUT2D eigenvalue weighted by Crippen LogP contribution is 2.48. The normalized spacial score (nSPS) is 30.1. The number of fused-ring (bicyclic) bond motifs is 2. The molecule has 2 heteroatoms. The number of hydrogen-bond acceptors (Lipinski definition) is 1. The van der Waals surface area contributed by atoms with Gasteiger partial charge in [-0.3, -0.25) is 4.79 Å². The average molecular weight is 217 g/mol. The maximum atomic E-state index is 12.0. The van der Waals surface area contributed by atoms with E-state index in [2.05, 4.69) is 37.9 Å². The Labute approximate surface area is 96.2 Å². The van der Waals surface area contributed by atoms with Gasteiger partial charge in [0.05, 0.1) is 0 Å². The van der Waals surface area contributed by atoms with Crippen LogP contribution >= 0.6 is 0 Å². The molecule has 3 unspecified atom stereocenters. The van der Waals surface area contributed by atoms with Crippen LogP contribution in [0.2, 0.25) is 0 Å². The first-order chi connectivity index (χ1) is 7.58. The summed E-state index contributed by atoms with van der Waals surface area (Å²) in [6, 6.07) is 1.75. The lowest BCUT2D eigenvalue weighted by Gasteiger charge is -2.06. The summed E-state index contributed by atoms with van der Waals surface area (Å²) < 4.78 is 0. The van der Waals surface area contributed by atoms with Crippen LogP contribution in [0, 0.1) is 17.8 Å². The molecule has 0 aliphatic heterocycles. The summed E-state index contributed by atoms with van der Waals surface area (Å²) in [4.78, 5) is 15.4. The van der Waals surface area contributed by atoms with Gasteiger partial charge in [-0.05, 0) is 23.7 Å². The Morgan fingerprint density at radius 2 is 2.00 bits per heavy atom. The van der Waals surface area contributed by atoms with Gasteiger partial charge in [0.2, 0.25) is 0 Å². The van der Waals surface area contributed by atoms with Crippen molar-refractivity contribution >= 4 is 12.2 Å². The molecule has 1 N–H and O–H groups in total. The van der Waals surface area contributed by atoms with Crippen molar-refractivity contribution in [3.8, 4) is 0 Å². The van der Waals surface area contributed by atoms with Gasteiger partial charge in [0.15, 0.2) is 5.43 Å². The van der Waals surface area contributed by atoms with E-state index in [1.54, 1.807) is 6.07 Å². The number of pyridine rings is 1. The number of H-pyrrole nitrogens is 1. The molecule has 2 nitrogen and oxygen atoms in total. The van der Waals surface area contributed by atoms with E-state index in [0.717, 1.165) is 16.3 Å². The molecule has 2 aliphatic carbocycles. The number of rotatable bonds is 1. The predicted molar refractivity (Wildman–Crippen MR) is 67.6 cm³/mol. The molecule has 3 atom stereocenters. The van der Waals surface area contributed by atoms with Gasteiger partial charge in [-0.1, -0.05) is 32.9 Å². The van der Waals surface area contributed by atoms with Crippen LogP contribution < -0.4 is 16.0 Å². The van der Waals surface area contributed by atoms with Crippen molar-refractivity contribution in [3.05, 3.63) is 32.6 Å². The molecule has 1 heterocycles. The maximum absolute atomic E-state index is 12.0. The smallest absolute Gasteiger partial charge is 0.189 e. The second-order valence-electron chi connectivity index (χ2n) is 5.42. The molecule has 1 aromatic heterocycles. The Balaban J connectivity index is 0.00000108. The third kappa shape index (κ3) is 1.29. The lowest BCUT2D eigenvalue weighted by Crippen LogP contribution is -2.43. The van der Waals surface area contributed by atoms with Crippen LogP contribution in [-0.2, 0) is 0 Å². The van der Waals surface area contributed by atoms with Crippen LogP contribution in [-0.4, -0.2) is 4.98 Å². The van der Waals surface area contributed by atoms with Crippen LogP contribution in [0.25, 0.3) is 12.2 Å². The highest BCUT2D eigenvalue weighted by molar-refractivity contribution is 5.49. The minimum atomic E-state index is 0. The van der Waals surface area contributed by atoms with Crippen LogP contribution in [0.5, 0.6) is 0 Å². The molecule has 16 heavy (non-hydrogen) atoms. The average Bonchev–Trinajstić information content (AvgIpc) is 2.86. The molecule has 2 aliphatic rings. The summed E-state index contributed by atoms with van der Waals surface area (Å²) in [5.41, 5.74) is 1.21. The first-order valence-corrected chi connectivity index (χ1v) is 6.05. The van der Waals surface area contributed by atoms with Crippen molar-refractivity contribution in [1.82, 2.24) is 4.98 Å². The van der Waals surface area contributed by atoms with Gasteiger partial charge in [-0.2, -0.15) is 0 Å². The van der Waals surface area contributed by atoms with Crippen molar-refractivity contribution in [3.63, 3.8) is 0 Å². The minimum absolute atomic E-state index is 0. The molecular weight excluding hydrogens is 198 g/mol. The van der Waals surface area contributed by atoms with Gasteiger partial charge in [0, 0.05) is 23.8 Å². The van der Waals surface area contributed by atoms with Crippen LogP contribution in [0.1, 0.15) is 33.8 Å². The van der Waals surface area contributed by atoms with Crippen LogP contribution in [0.4, 0.5) is 0 Å². The standard InChI is InChI=1S/C14H17NO.H2/c1-7(2)12-6-14(16)11-4-9-8(3)10(9)5-13(11)15-12;/h4-10,15H,1-3H3;1H. The van der Waals surface area contributed by atoms with E-state index in [-0.39, 0.29) is 6.86 Å². The molecule has 0 spiro atoms. The molecule has 0 aromatic carbocycles. The topological polar surface area (TPSA) is 32.9 Å². The Bertz CT molecular complexity index is 614. The van der Waals surface area contributed by atoms with E-state index in [0.29, 0.717) is 23.7 Å². The van der Waals surface area contributed by atoms with Crippen molar-refractivity contribution < 1.29 is 1.43 Å². The monoisotopic (exact) mass is 217 g/mol. The zero-order valence-corrected chi connectivity index (χ0v) is 9.95. The molecule has 3 rings (SSSR count). The second kappa shape index (κ2) is 3.09. The van der Waals surface area contributed by atoms with E-state index in [1.807, 2.05) is 0 Å². The number of aromatic amines is 1. The van der Waals surface area contributed by atoms with Crippen LogP contribution in [0.15, 0.2) is 10.9 Å². The molecule has 0 radical (unpaired) electrons. The van der Waals surface area contributed by atoms with E-state index in [9.17, 15) is 4.79 Å². The number of hydrogen-bond donors (Lipinski definition) is 1. The summed E-state index contributed by atoms with van der Waals surface area (Å²) in [6.07, 6.45) is 4.41. The molecule has 0 amide bonds. The lowest BCUT2D eigenvalue weighted by atomic mass is 10.1. The second-order valence-corrected chi connectivity index (χ2v) is 5.42. The largest absolute Gasteiger partial charge is 0.358 e. The van der Waals surface area contributed by atoms with Gasteiger partial charge in [0.1, 0.15) is 0 Å². The van der Waals surface area contributed by atoms with Crippen molar-refractivity contribution in [2.45, 2.75) is 26.7 Å². The molecule has 0 saturated heterocycles. The Hall–Kier alpha value is -1.31. The van der Waals surface area contributed by atoms with Crippen molar-refractivity contribution in [2.24, 2.45) is 17.8 Å². The predicted octanol–water partition coefficient (Wildman–Crippen LogP) is 1.20. The summed E-state index contributed by atoms with van der Waals surface area (Å²) in [7, 11) is 0. The fourth-order valence-corrected chi connectivity index (χ4v) is 2.66. The highest BCUT2D eigenvalue weighted by atomic mass is 16.1. The van der Waals surface area contributed by atoms with E-state index in [4.69, 9.17) is 0 Å². The Morgan fingerprint density at radius 1 is 1.31 bits per heavy atom. The molecule has 86 valence electrons. The Morgan fingerprint density at radius 3 is 2.69 bits per heavy atom. The fourth-order valence-electron chi connectivity index (χ4n) is 2.66. The number of nitrogens with one attached hydrogen (secondary N) is 1. The quantitative estimate of drug-likeness (QED) is 0.753. The minimum Gasteiger partial charge on any atom is -0.358 e. The van der Waals surface area contributed by atoms with Gasteiger partial charge < -0.3 is 4.98 Å².